The van der Waals surface area contributed by atoms with Crippen molar-refractivity contribution in [3.8, 4) is 0 Å². The molecule has 2 aliphatic carbocycles. The number of rotatable bonds is 20. The standard InChI is InChI=1S/C48H77IO8Si2/c1-10-53-42-33-47(34-54-42)32-36(50)31-41-39(26-28-51-35-52-29-30-58(7,8)9)40(43(49)48(47)44(41)56-46(5,6)57-48)25-19-11-12-20-27-55-59(45(2,3)4,37-21-15-13-16-22-37)38-23-17-14-18-24-38/h13-18,21-24,36,39-44,50H,10-12,19-20,25-35H2,1-9H3/t36-,39-,40-,41+,42?,43+,44-,47-,48+/m1/s1. The summed E-state index contributed by atoms with van der Waals surface area (Å²) >= 11 is 2.75. The predicted molar refractivity (Wildman–Crippen MR) is 251 cm³/mol. The summed E-state index contributed by atoms with van der Waals surface area (Å²) < 4.78 is 46.5. The summed E-state index contributed by atoms with van der Waals surface area (Å²) in [4.78, 5) is 0. The Morgan fingerprint density at radius 1 is 0.831 bits per heavy atom. The summed E-state index contributed by atoms with van der Waals surface area (Å²) in [6.07, 6.45) is 7.56. The van der Waals surface area contributed by atoms with Crippen molar-refractivity contribution in [2.24, 2.45) is 23.2 Å². The fourth-order valence-corrected chi connectivity index (χ4v) is 18.8. The van der Waals surface area contributed by atoms with Crippen LogP contribution in [0, 0.1) is 23.2 Å². The minimum Gasteiger partial charge on any atom is -0.407 e. The van der Waals surface area contributed by atoms with E-state index >= 15 is 0 Å². The molecule has 4 aliphatic rings. The maximum Gasteiger partial charge on any atom is 0.261 e. The Kier molecular flexibility index (Phi) is 16.2. The summed E-state index contributed by atoms with van der Waals surface area (Å²) in [5.74, 6) is 0.0936. The van der Waals surface area contributed by atoms with Crippen molar-refractivity contribution < 1.29 is 38.0 Å². The number of hydrogen-bond donors (Lipinski definition) is 1. The van der Waals surface area contributed by atoms with E-state index in [1.54, 1.807) is 0 Å². The fourth-order valence-electron chi connectivity index (χ4n) is 11.4. The molecule has 2 heterocycles. The van der Waals surface area contributed by atoms with E-state index in [9.17, 15) is 5.11 Å². The Balaban J connectivity index is 1.17. The number of aliphatic hydroxyl groups is 1. The monoisotopic (exact) mass is 964 g/mol. The first-order valence-corrected chi connectivity index (χ1v) is 29.7. The van der Waals surface area contributed by atoms with Gasteiger partial charge in [-0.05, 0) is 92.1 Å². The second-order valence-electron chi connectivity index (χ2n) is 20.7. The van der Waals surface area contributed by atoms with E-state index in [2.05, 4.69) is 138 Å². The van der Waals surface area contributed by atoms with Crippen LogP contribution in [0.1, 0.15) is 99.3 Å². The van der Waals surface area contributed by atoms with Crippen molar-refractivity contribution >= 4 is 49.4 Å². The first-order valence-electron chi connectivity index (χ1n) is 22.8. The van der Waals surface area contributed by atoms with Crippen LogP contribution in [-0.4, -0.2) is 95.1 Å². The summed E-state index contributed by atoms with van der Waals surface area (Å²) in [7, 11) is -3.72. The summed E-state index contributed by atoms with van der Waals surface area (Å²) in [5.41, 5.74) is -1.01. The number of hydrogen-bond acceptors (Lipinski definition) is 8. The van der Waals surface area contributed by atoms with Crippen LogP contribution in [0.3, 0.4) is 0 Å². The molecule has 0 amide bonds. The van der Waals surface area contributed by atoms with Gasteiger partial charge in [-0.25, -0.2) is 0 Å². The number of aliphatic hydroxyl groups excluding tert-OH is 1. The van der Waals surface area contributed by atoms with Gasteiger partial charge >= 0.3 is 0 Å². The number of unbranched alkanes of at least 4 members (excludes halogenated alkanes) is 3. The molecule has 1 N–H and O–H groups in total. The average Bonchev–Trinajstić information content (AvgIpc) is 3.71. The van der Waals surface area contributed by atoms with Gasteiger partial charge in [0, 0.05) is 50.3 Å². The predicted octanol–water partition coefficient (Wildman–Crippen LogP) is 9.71. The molecule has 1 spiro atoms. The number of alkyl halides is 1. The van der Waals surface area contributed by atoms with E-state index in [0.717, 1.165) is 57.8 Å². The smallest absolute Gasteiger partial charge is 0.261 e. The van der Waals surface area contributed by atoms with Gasteiger partial charge in [0.1, 0.15) is 12.4 Å². The van der Waals surface area contributed by atoms with E-state index in [0.29, 0.717) is 57.7 Å². The van der Waals surface area contributed by atoms with Crippen LogP contribution in [0.5, 0.6) is 0 Å². The van der Waals surface area contributed by atoms with E-state index in [4.69, 9.17) is 32.8 Å². The SMILES string of the molecule is CCOC1C[C@@]2(CO1)C[C@H](O)C[C@H]1[C@H](CCOCOCC[Si](C)(C)C)[C@@H](CCCCCCO[Si](c3ccccc3)(c3ccccc3)C(C)(C)C)[C@H](I)[C@@]23OC(C)(C)O[C@H]13. The zero-order valence-electron chi connectivity index (χ0n) is 37.8. The maximum absolute atomic E-state index is 11.9. The summed E-state index contributed by atoms with van der Waals surface area (Å²) in [5, 5.41) is 14.5. The highest BCUT2D eigenvalue weighted by Gasteiger charge is 2.75. The lowest BCUT2D eigenvalue weighted by molar-refractivity contribution is -0.200. The molecule has 0 aromatic heterocycles. The highest BCUT2D eigenvalue weighted by atomic mass is 127. The molecule has 332 valence electrons. The van der Waals surface area contributed by atoms with E-state index < -0.39 is 39.3 Å². The van der Waals surface area contributed by atoms with Crippen LogP contribution in [-0.2, 0) is 32.8 Å². The Morgan fingerprint density at radius 2 is 1.47 bits per heavy atom. The number of ether oxygens (including phenoxy) is 6. The molecule has 2 aromatic rings. The third kappa shape index (κ3) is 10.5. The van der Waals surface area contributed by atoms with Gasteiger partial charge in [0.2, 0.25) is 0 Å². The molecule has 4 fully saturated rings. The lowest BCUT2D eigenvalue weighted by Gasteiger charge is -2.57. The highest BCUT2D eigenvalue weighted by molar-refractivity contribution is 14.1. The van der Waals surface area contributed by atoms with Crippen molar-refractivity contribution in [1.29, 1.82) is 0 Å². The van der Waals surface area contributed by atoms with Gasteiger partial charge in [0.25, 0.3) is 8.32 Å². The molecule has 11 heteroatoms. The van der Waals surface area contributed by atoms with Crippen LogP contribution in [0.2, 0.25) is 30.7 Å². The molecule has 2 aliphatic heterocycles. The third-order valence-electron chi connectivity index (χ3n) is 13.9. The van der Waals surface area contributed by atoms with Gasteiger partial charge < -0.3 is 38.0 Å². The normalized spacial score (nSPS) is 32.0. The topological polar surface area (TPSA) is 84.8 Å². The molecular formula is C48H77IO8Si2. The van der Waals surface area contributed by atoms with Crippen LogP contribution in [0.25, 0.3) is 0 Å². The molecule has 59 heavy (non-hydrogen) atoms. The van der Waals surface area contributed by atoms with Crippen molar-refractivity contribution in [1.82, 2.24) is 0 Å². The molecule has 9 atom stereocenters. The van der Waals surface area contributed by atoms with E-state index in [-0.39, 0.29) is 27.3 Å². The van der Waals surface area contributed by atoms with Gasteiger partial charge in [-0.15, -0.1) is 0 Å². The molecule has 1 unspecified atom stereocenters. The second-order valence-corrected chi connectivity index (χ2v) is 32.0. The lowest BCUT2D eigenvalue weighted by atomic mass is 9.54. The molecule has 2 aromatic carbocycles. The number of benzene rings is 2. The third-order valence-corrected chi connectivity index (χ3v) is 22.5. The van der Waals surface area contributed by atoms with E-state index in [1.807, 2.05) is 6.92 Å². The summed E-state index contributed by atoms with van der Waals surface area (Å²) in [6.45, 7) is 23.9. The molecular weight excluding hydrogens is 888 g/mol. The van der Waals surface area contributed by atoms with E-state index in [1.165, 1.54) is 10.4 Å². The average molecular weight is 965 g/mol. The van der Waals surface area contributed by atoms with Gasteiger partial charge in [0.05, 0.1) is 18.8 Å². The minimum atomic E-state index is -2.56. The van der Waals surface area contributed by atoms with Crippen molar-refractivity contribution in [2.75, 3.05) is 39.8 Å². The maximum atomic E-state index is 11.9. The second kappa shape index (κ2) is 20.0. The number of halogens is 1. The van der Waals surface area contributed by atoms with Crippen LogP contribution in [0.4, 0.5) is 0 Å². The van der Waals surface area contributed by atoms with Gasteiger partial charge in [-0.1, -0.05) is 143 Å². The van der Waals surface area contributed by atoms with Crippen LogP contribution in [0.15, 0.2) is 60.7 Å². The zero-order chi connectivity index (χ0) is 42.5. The Labute approximate surface area is 372 Å². The Bertz CT molecular complexity index is 1550. The molecule has 2 bridgehead atoms. The summed E-state index contributed by atoms with van der Waals surface area (Å²) in [6, 6.07) is 23.1. The zero-order valence-corrected chi connectivity index (χ0v) is 42.0. The Morgan fingerprint density at radius 3 is 2.10 bits per heavy atom. The van der Waals surface area contributed by atoms with Gasteiger partial charge in [-0.2, -0.15) is 0 Å². The van der Waals surface area contributed by atoms with Crippen LogP contribution >= 0.6 is 22.6 Å². The van der Waals surface area contributed by atoms with Gasteiger partial charge in [-0.3, -0.25) is 0 Å². The highest BCUT2D eigenvalue weighted by Crippen LogP contribution is 2.67. The molecule has 8 nitrogen and oxygen atoms in total. The minimum absolute atomic E-state index is 0.0303. The van der Waals surface area contributed by atoms with Crippen molar-refractivity contribution in [3.05, 3.63) is 60.7 Å². The molecule has 2 saturated carbocycles. The molecule has 2 saturated heterocycles. The first kappa shape index (κ1) is 47.8. The lowest BCUT2D eigenvalue weighted by Crippen LogP contribution is -2.68. The quantitative estimate of drug-likeness (QED) is 0.0462. The fraction of sp³-hybridized carbons (Fsp3) is 0.750. The van der Waals surface area contributed by atoms with Crippen LogP contribution < -0.4 is 10.4 Å². The van der Waals surface area contributed by atoms with Gasteiger partial charge in [0.15, 0.2) is 12.1 Å². The molecule has 6 rings (SSSR count). The Hall–Kier alpha value is -0.716. The molecule has 0 radical (unpaired) electrons. The van der Waals surface area contributed by atoms with Crippen molar-refractivity contribution in [2.45, 2.75) is 164 Å². The van der Waals surface area contributed by atoms with Crippen molar-refractivity contribution in [3.63, 3.8) is 0 Å². The largest absolute Gasteiger partial charge is 0.407 e. The first-order chi connectivity index (χ1) is 28.0.